The molecule has 2 heteroatoms. The molecule has 0 amide bonds. The first-order chi connectivity index (χ1) is 7.79. The van der Waals surface area contributed by atoms with E-state index in [1.54, 1.807) is 0 Å². The second kappa shape index (κ2) is 4.92. The molecule has 2 rings (SSSR count). The fraction of sp³-hybridized carbons (Fsp3) is 0.143. The van der Waals surface area contributed by atoms with Crippen molar-refractivity contribution in [2.75, 3.05) is 0 Å². The number of rotatable bonds is 3. The first-order valence-electron chi connectivity index (χ1n) is 5.40. The largest absolute Gasteiger partial charge is 0.322 e. The number of benzene rings is 2. The molecule has 0 aromatic heterocycles. The second-order valence-corrected chi connectivity index (χ2v) is 3.87. The maximum atomic E-state index is 6.15. The Balaban J connectivity index is 2.20. The van der Waals surface area contributed by atoms with Crippen molar-refractivity contribution in [3.63, 3.8) is 0 Å². The smallest absolute Gasteiger partial charge is 0.0491 e. The lowest BCUT2D eigenvalue weighted by molar-refractivity contribution is 0.574. The molecule has 4 N–H and O–H groups in total. The van der Waals surface area contributed by atoms with Crippen LogP contribution in [-0.2, 0) is 0 Å². The van der Waals surface area contributed by atoms with E-state index in [2.05, 4.69) is 0 Å². The molecule has 0 aliphatic carbocycles. The molecule has 82 valence electrons. The van der Waals surface area contributed by atoms with E-state index >= 15 is 0 Å². The van der Waals surface area contributed by atoms with E-state index < -0.39 is 0 Å². The lowest BCUT2D eigenvalue weighted by Gasteiger charge is -2.20. The zero-order valence-electron chi connectivity index (χ0n) is 9.08. The highest BCUT2D eigenvalue weighted by Crippen LogP contribution is 2.23. The average Bonchev–Trinajstić information content (AvgIpc) is 2.39. The van der Waals surface area contributed by atoms with Crippen LogP contribution in [-0.4, -0.2) is 0 Å². The minimum atomic E-state index is -0.163. The molecule has 0 spiro atoms. The van der Waals surface area contributed by atoms with Crippen molar-refractivity contribution in [2.24, 2.45) is 11.5 Å². The van der Waals surface area contributed by atoms with Crippen molar-refractivity contribution in [3.8, 4) is 0 Å². The molecule has 16 heavy (non-hydrogen) atoms. The summed E-state index contributed by atoms with van der Waals surface area (Å²) in [5, 5.41) is 0. The topological polar surface area (TPSA) is 52.0 Å². The van der Waals surface area contributed by atoms with Crippen LogP contribution in [0.2, 0.25) is 0 Å². The Morgan fingerprint density at radius 2 is 0.875 bits per heavy atom. The van der Waals surface area contributed by atoms with E-state index in [9.17, 15) is 0 Å². The molecule has 2 atom stereocenters. The van der Waals surface area contributed by atoms with Gasteiger partial charge in [-0.15, -0.1) is 0 Å². The highest BCUT2D eigenvalue weighted by atomic mass is 14.8. The average molecular weight is 212 g/mol. The molecule has 0 fully saturated rings. The van der Waals surface area contributed by atoms with Gasteiger partial charge >= 0.3 is 0 Å². The maximum Gasteiger partial charge on any atom is 0.0491 e. The number of hydrogen-bond donors (Lipinski definition) is 2. The molecular formula is C14H16N2. The molecule has 0 radical (unpaired) electrons. The van der Waals surface area contributed by atoms with Gasteiger partial charge in [0.25, 0.3) is 0 Å². The van der Waals surface area contributed by atoms with Gasteiger partial charge in [-0.05, 0) is 11.1 Å². The maximum absolute atomic E-state index is 6.15. The number of hydrogen-bond acceptors (Lipinski definition) is 2. The van der Waals surface area contributed by atoms with Gasteiger partial charge in [-0.1, -0.05) is 60.7 Å². The number of nitrogens with two attached hydrogens (primary N) is 2. The van der Waals surface area contributed by atoms with E-state index in [0.717, 1.165) is 11.1 Å². The molecule has 2 aromatic rings. The molecule has 0 heterocycles. The molecule has 0 aliphatic heterocycles. The summed E-state index contributed by atoms with van der Waals surface area (Å²) in [5.41, 5.74) is 14.4. The van der Waals surface area contributed by atoms with Crippen molar-refractivity contribution >= 4 is 0 Å². The van der Waals surface area contributed by atoms with Crippen LogP contribution < -0.4 is 11.5 Å². The van der Waals surface area contributed by atoms with Crippen LogP contribution in [0.1, 0.15) is 23.2 Å². The summed E-state index contributed by atoms with van der Waals surface area (Å²) in [4.78, 5) is 0. The van der Waals surface area contributed by atoms with Gasteiger partial charge < -0.3 is 11.5 Å². The van der Waals surface area contributed by atoms with Gasteiger partial charge in [0.2, 0.25) is 0 Å². The van der Waals surface area contributed by atoms with Gasteiger partial charge in [-0.3, -0.25) is 0 Å². The van der Waals surface area contributed by atoms with Crippen LogP contribution in [0.3, 0.4) is 0 Å². The quantitative estimate of drug-likeness (QED) is 0.820. The minimum Gasteiger partial charge on any atom is -0.322 e. The van der Waals surface area contributed by atoms with Crippen LogP contribution >= 0.6 is 0 Å². The summed E-state index contributed by atoms with van der Waals surface area (Å²) in [7, 11) is 0. The summed E-state index contributed by atoms with van der Waals surface area (Å²) in [6.45, 7) is 0. The van der Waals surface area contributed by atoms with E-state index in [1.807, 2.05) is 60.7 Å². The Labute approximate surface area is 95.9 Å². The monoisotopic (exact) mass is 212 g/mol. The predicted molar refractivity (Wildman–Crippen MR) is 66.7 cm³/mol. The fourth-order valence-electron chi connectivity index (χ4n) is 1.77. The van der Waals surface area contributed by atoms with Crippen LogP contribution in [0.15, 0.2) is 60.7 Å². The van der Waals surface area contributed by atoms with Crippen molar-refractivity contribution in [1.29, 1.82) is 0 Å². The van der Waals surface area contributed by atoms with Crippen molar-refractivity contribution in [1.82, 2.24) is 0 Å². The fourth-order valence-corrected chi connectivity index (χ4v) is 1.77. The Bertz CT molecular complexity index is 382. The lowest BCUT2D eigenvalue weighted by Crippen LogP contribution is -2.26. The third kappa shape index (κ3) is 2.30. The van der Waals surface area contributed by atoms with Gasteiger partial charge in [-0.25, -0.2) is 0 Å². The Kier molecular flexibility index (Phi) is 3.34. The van der Waals surface area contributed by atoms with Crippen LogP contribution in [0.4, 0.5) is 0 Å². The first-order valence-corrected chi connectivity index (χ1v) is 5.40. The van der Waals surface area contributed by atoms with Gasteiger partial charge in [0, 0.05) is 12.1 Å². The van der Waals surface area contributed by atoms with Crippen molar-refractivity contribution < 1.29 is 0 Å². The lowest BCUT2D eigenvalue weighted by atomic mass is 9.95. The zero-order valence-corrected chi connectivity index (χ0v) is 9.08. The molecule has 2 nitrogen and oxygen atoms in total. The summed E-state index contributed by atoms with van der Waals surface area (Å²) >= 11 is 0. The molecule has 0 saturated carbocycles. The SMILES string of the molecule is N[C@H](c1ccccc1)[C@H](N)c1ccccc1. The summed E-state index contributed by atoms with van der Waals surface area (Å²) < 4.78 is 0. The van der Waals surface area contributed by atoms with Gasteiger partial charge in [0.05, 0.1) is 0 Å². The molecular weight excluding hydrogens is 196 g/mol. The van der Waals surface area contributed by atoms with Gasteiger partial charge in [0.15, 0.2) is 0 Å². The summed E-state index contributed by atoms with van der Waals surface area (Å²) in [5.74, 6) is 0. The summed E-state index contributed by atoms with van der Waals surface area (Å²) in [6, 6.07) is 19.6. The normalized spacial score (nSPS) is 14.4. The first kappa shape index (κ1) is 10.9. The van der Waals surface area contributed by atoms with Gasteiger partial charge in [-0.2, -0.15) is 0 Å². The Morgan fingerprint density at radius 1 is 0.562 bits per heavy atom. The highest BCUT2D eigenvalue weighted by molar-refractivity contribution is 5.26. The molecule has 0 bridgehead atoms. The van der Waals surface area contributed by atoms with Crippen molar-refractivity contribution in [2.45, 2.75) is 12.1 Å². The molecule has 0 saturated heterocycles. The highest BCUT2D eigenvalue weighted by Gasteiger charge is 2.16. The molecule has 2 aromatic carbocycles. The Hall–Kier alpha value is -1.64. The van der Waals surface area contributed by atoms with Crippen LogP contribution in [0, 0.1) is 0 Å². The van der Waals surface area contributed by atoms with Crippen molar-refractivity contribution in [3.05, 3.63) is 71.8 Å². The Morgan fingerprint density at radius 3 is 1.19 bits per heavy atom. The second-order valence-electron chi connectivity index (χ2n) is 3.87. The standard InChI is InChI=1S/C14H16N2/c15-13(11-7-3-1-4-8-11)14(16)12-9-5-2-6-10-12/h1-10,13-14H,15-16H2/t13-,14-/m1/s1. The van der Waals surface area contributed by atoms with Crippen LogP contribution in [0.25, 0.3) is 0 Å². The van der Waals surface area contributed by atoms with Gasteiger partial charge in [0.1, 0.15) is 0 Å². The zero-order chi connectivity index (χ0) is 11.4. The van der Waals surface area contributed by atoms with Crippen LogP contribution in [0.5, 0.6) is 0 Å². The third-order valence-electron chi connectivity index (χ3n) is 2.76. The van der Waals surface area contributed by atoms with E-state index in [1.165, 1.54) is 0 Å². The minimum absolute atomic E-state index is 0.163. The van der Waals surface area contributed by atoms with E-state index in [-0.39, 0.29) is 12.1 Å². The molecule has 0 aliphatic rings. The van der Waals surface area contributed by atoms with E-state index in [4.69, 9.17) is 11.5 Å². The van der Waals surface area contributed by atoms with E-state index in [0.29, 0.717) is 0 Å². The summed E-state index contributed by atoms with van der Waals surface area (Å²) in [6.07, 6.45) is 0. The predicted octanol–water partition coefficient (Wildman–Crippen LogP) is 2.39. The third-order valence-corrected chi connectivity index (χ3v) is 2.76. The molecule has 0 unspecified atom stereocenters.